The van der Waals surface area contributed by atoms with Gasteiger partial charge >= 0.3 is 17.9 Å². The van der Waals surface area contributed by atoms with Crippen molar-refractivity contribution in [3.63, 3.8) is 0 Å². The third-order valence-electron chi connectivity index (χ3n) is 5.40. The molecule has 0 spiro atoms. The lowest BCUT2D eigenvalue weighted by Crippen LogP contribution is -2.18. The van der Waals surface area contributed by atoms with E-state index in [1.165, 1.54) is 26.2 Å². The molecule has 40 heavy (non-hydrogen) atoms. The zero-order valence-corrected chi connectivity index (χ0v) is 24.7. The van der Waals surface area contributed by atoms with Gasteiger partial charge in [0.05, 0.1) is 50.0 Å². The molecule has 1 atom stereocenters. The third kappa shape index (κ3) is 6.40. The molecule has 3 aromatic rings. The second-order valence-electron chi connectivity index (χ2n) is 8.05. The van der Waals surface area contributed by atoms with Gasteiger partial charge < -0.3 is 29.5 Å². The van der Waals surface area contributed by atoms with Crippen molar-refractivity contribution in [3.05, 3.63) is 76.7 Å². The Labute approximate surface area is 256 Å². The van der Waals surface area contributed by atoms with Gasteiger partial charge in [-0.1, -0.05) is 76.5 Å². The van der Waals surface area contributed by atoms with Crippen LogP contribution in [0.4, 0.5) is 0 Å². The van der Waals surface area contributed by atoms with Crippen molar-refractivity contribution in [1.82, 2.24) is 0 Å². The fourth-order valence-electron chi connectivity index (χ4n) is 3.52. The number of carboxylic acid groups (broad SMARTS) is 1. The van der Waals surface area contributed by atoms with Crippen LogP contribution in [0.5, 0.6) is 23.0 Å². The summed E-state index contributed by atoms with van der Waals surface area (Å²) in [6, 6.07) is 4.58. The summed E-state index contributed by atoms with van der Waals surface area (Å²) in [5.74, 6) is -6.52. The number of rotatable bonds is 8. The number of aromatic hydroxyl groups is 2. The minimum atomic E-state index is -1.63. The Hall–Kier alpha value is -2.79. The van der Waals surface area contributed by atoms with E-state index in [1.54, 1.807) is 0 Å². The first-order valence-electron chi connectivity index (χ1n) is 10.8. The molecular weight excluding hydrogens is 657 g/mol. The van der Waals surface area contributed by atoms with Crippen LogP contribution >= 0.6 is 69.6 Å². The molecular formula is C25H16Cl6O9. The first kappa shape index (κ1) is 31.7. The second kappa shape index (κ2) is 12.8. The Kier molecular flexibility index (Phi) is 10.2. The van der Waals surface area contributed by atoms with Gasteiger partial charge in [-0.2, -0.15) is 0 Å². The maximum absolute atomic E-state index is 12.8. The number of hydrogen-bond donors (Lipinski definition) is 3. The molecule has 15 heteroatoms. The number of hydrogen-bond acceptors (Lipinski definition) is 8. The molecule has 3 aromatic carbocycles. The first-order chi connectivity index (χ1) is 18.7. The monoisotopic (exact) mass is 670 g/mol. The van der Waals surface area contributed by atoms with Gasteiger partial charge in [0.25, 0.3) is 0 Å². The van der Waals surface area contributed by atoms with Crippen molar-refractivity contribution in [2.24, 2.45) is 0 Å². The number of ether oxygens (including phenoxy) is 3. The van der Waals surface area contributed by atoms with Gasteiger partial charge in [-0.25, -0.2) is 14.4 Å². The SMILES string of the molecule is COc1c(Cl)cc(C(=O)OCC(C)c2c(Cl)c(O)c(Cl)c(OC(=O)c3cc(Cl)c(O)c(Cl)c3)c2C(=O)O)cc1Cl. The minimum Gasteiger partial charge on any atom is -0.505 e. The lowest BCUT2D eigenvalue weighted by molar-refractivity contribution is 0.0485. The van der Waals surface area contributed by atoms with Gasteiger partial charge in [0.1, 0.15) is 10.6 Å². The van der Waals surface area contributed by atoms with E-state index in [0.717, 1.165) is 12.1 Å². The number of carbonyl (C=O) groups excluding carboxylic acids is 2. The number of carbonyl (C=O) groups is 3. The maximum Gasteiger partial charge on any atom is 0.343 e. The fourth-order valence-corrected chi connectivity index (χ4v) is 5.30. The highest BCUT2D eigenvalue weighted by molar-refractivity contribution is 6.40. The number of esters is 2. The zero-order chi connectivity index (χ0) is 30.0. The summed E-state index contributed by atoms with van der Waals surface area (Å²) in [4.78, 5) is 37.8. The number of halogens is 6. The molecule has 0 radical (unpaired) electrons. The molecule has 0 heterocycles. The summed E-state index contributed by atoms with van der Waals surface area (Å²) in [6.07, 6.45) is 0. The molecule has 0 saturated carbocycles. The summed E-state index contributed by atoms with van der Waals surface area (Å²) in [5, 5.41) is 28.6. The van der Waals surface area contributed by atoms with Crippen molar-refractivity contribution in [3.8, 4) is 23.0 Å². The van der Waals surface area contributed by atoms with Crippen LogP contribution in [0.2, 0.25) is 30.1 Å². The van der Waals surface area contributed by atoms with E-state index in [1.807, 2.05) is 0 Å². The molecule has 3 N–H and O–H groups in total. The van der Waals surface area contributed by atoms with Crippen LogP contribution in [-0.2, 0) is 4.74 Å². The second-order valence-corrected chi connectivity index (χ2v) is 10.4. The third-order valence-corrected chi connectivity index (χ3v) is 7.28. The largest absolute Gasteiger partial charge is 0.505 e. The van der Waals surface area contributed by atoms with Crippen LogP contribution < -0.4 is 9.47 Å². The number of benzene rings is 3. The Bertz CT molecular complexity index is 1490. The topological polar surface area (TPSA) is 140 Å². The molecule has 0 aliphatic heterocycles. The highest BCUT2D eigenvalue weighted by atomic mass is 35.5. The van der Waals surface area contributed by atoms with E-state index in [-0.39, 0.29) is 42.5 Å². The first-order valence-corrected chi connectivity index (χ1v) is 13.0. The zero-order valence-electron chi connectivity index (χ0n) is 20.2. The molecule has 0 fully saturated rings. The van der Waals surface area contributed by atoms with Crippen LogP contribution in [0.3, 0.4) is 0 Å². The van der Waals surface area contributed by atoms with E-state index >= 15 is 0 Å². The predicted octanol–water partition coefficient (Wildman–Crippen LogP) is 7.90. The summed E-state index contributed by atoms with van der Waals surface area (Å²) in [5.41, 5.74) is -1.22. The van der Waals surface area contributed by atoms with Crippen LogP contribution in [0, 0.1) is 0 Å². The highest BCUT2D eigenvalue weighted by Gasteiger charge is 2.32. The lowest BCUT2D eigenvalue weighted by atomic mass is 9.94. The number of aromatic carboxylic acids is 1. The molecule has 9 nitrogen and oxygen atoms in total. The van der Waals surface area contributed by atoms with Gasteiger partial charge in [-0.05, 0) is 29.8 Å². The van der Waals surface area contributed by atoms with Crippen molar-refractivity contribution in [1.29, 1.82) is 0 Å². The van der Waals surface area contributed by atoms with E-state index in [9.17, 15) is 29.7 Å². The number of methoxy groups -OCH3 is 1. The quantitative estimate of drug-likeness (QED) is 0.161. The summed E-state index contributed by atoms with van der Waals surface area (Å²) in [6.45, 7) is 0.991. The Morgan fingerprint density at radius 3 is 1.77 bits per heavy atom. The molecule has 0 aromatic heterocycles. The van der Waals surface area contributed by atoms with Gasteiger partial charge in [-0.15, -0.1) is 0 Å². The lowest BCUT2D eigenvalue weighted by Gasteiger charge is -2.21. The molecule has 1 unspecified atom stereocenters. The van der Waals surface area contributed by atoms with Gasteiger partial charge in [0.2, 0.25) is 0 Å². The average molecular weight is 673 g/mol. The van der Waals surface area contributed by atoms with Crippen molar-refractivity contribution in [2.45, 2.75) is 12.8 Å². The smallest absolute Gasteiger partial charge is 0.343 e. The predicted molar refractivity (Wildman–Crippen MR) is 150 cm³/mol. The van der Waals surface area contributed by atoms with Crippen molar-refractivity contribution in [2.75, 3.05) is 13.7 Å². The molecule has 0 bridgehead atoms. The number of carboxylic acids is 1. The summed E-state index contributed by atoms with van der Waals surface area (Å²) >= 11 is 36.2. The van der Waals surface area contributed by atoms with Crippen molar-refractivity contribution >= 4 is 87.5 Å². The standard InChI is InChI=1S/C25H16Cl6O9/c1-8(7-39-24(36)9-5-13(28)21(38-2)14(29)6-9)15-16(23(34)35)22(18(31)20(33)17(15)30)40-25(37)10-3-11(26)19(32)12(27)4-10/h3-6,8,32-33H,7H2,1-2H3,(H,34,35). The van der Waals surface area contributed by atoms with E-state index < -0.39 is 63.3 Å². The molecule has 212 valence electrons. The summed E-state index contributed by atoms with van der Waals surface area (Å²) < 4.78 is 15.6. The van der Waals surface area contributed by atoms with E-state index in [4.69, 9.17) is 83.8 Å². The molecule has 0 aliphatic rings. The van der Waals surface area contributed by atoms with Gasteiger partial charge in [0, 0.05) is 5.92 Å². The van der Waals surface area contributed by atoms with Crippen LogP contribution in [0.25, 0.3) is 0 Å². The Balaban J connectivity index is 1.98. The fraction of sp³-hybridized carbons (Fsp3) is 0.160. The van der Waals surface area contributed by atoms with Gasteiger partial charge in [0.15, 0.2) is 23.0 Å². The van der Waals surface area contributed by atoms with Crippen LogP contribution in [0.15, 0.2) is 24.3 Å². The van der Waals surface area contributed by atoms with Crippen LogP contribution in [0.1, 0.15) is 49.5 Å². The minimum absolute atomic E-state index is 0.0210. The normalized spacial score (nSPS) is 11.6. The molecule has 0 saturated heterocycles. The molecule has 0 aliphatic carbocycles. The van der Waals surface area contributed by atoms with E-state index in [2.05, 4.69) is 0 Å². The summed E-state index contributed by atoms with van der Waals surface area (Å²) in [7, 11) is 1.35. The number of phenols is 2. The Morgan fingerprint density at radius 2 is 1.27 bits per heavy atom. The van der Waals surface area contributed by atoms with Gasteiger partial charge in [-0.3, -0.25) is 0 Å². The number of phenolic OH excluding ortho intramolecular Hbond substituents is 2. The maximum atomic E-state index is 12.8. The molecule has 3 rings (SSSR count). The average Bonchev–Trinajstić information content (AvgIpc) is 2.89. The highest BCUT2D eigenvalue weighted by Crippen LogP contribution is 2.48. The Morgan fingerprint density at radius 1 is 0.775 bits per heavy atom. The van der Waals surface area contributed by atoms with Crippen LogP contribution in [-0.4, -0.2) is 46.9 Å². The van der Waals surface area contributed by atoms with E-state index in [0.29, 0.717) is 0 Å². The van der Waals surface area contributed by atoms with Crippen molar-refractivity contribution < 1.29 is 43.9 Å². The molecule has 0 amide bonds.